The molecule has 2 atom stereocenters. The lowest BCUT2D eigenvalue weighted by molar-refractivity contribution is 0.132. The maximum absolute atomic E-state index is 10.6. The predicted molar refractivity (Wildman–Crippen MR) is 110 cm³/mol. The summed E-state index contributed by atoms with van der Waals surface area (Å²) in [6.07, 6.45) is 1.44. The van der Waals surface area contributed by atoms with Crippen molar-refractivity contribution in [3.8, 4) is 5.75 Å². The Kier molecular flexibility index (Phi) is 8.42. The highest BCUT2D eigenvalue weighted by molar-refractivity contribution is 9.10. The van der Waals surface area contributed by atoms with Gasteiger partial charge in [0.2, 0.25) is 0 Å². The average molecular weight is 442 g/mol. The normalized spacial score (nSPS) is 13.7. The summed E-state index contributed by atoms with van der Waals surface area (Å²) in [5, 5.41) is 20.5. The van der Waals surface area contributed by atoms with Gasteiger partial charge in [-0.15, -0.1) is 0 Å². The first kappa shape index (κ1) is 21.2. The van der Waals surface area contributed by atoms with Crippen molar-refractivity contribution in [1.29, 1.82) is 0 Å². The van der Waals surface area contributed by atoms with Crippen LogP contribution in [0, 0.1) is 5.92 Å². The molecule has 2 rings (SSSR count). The van der Waals surface area contributed by atoms with Crippen molar-refractivity contribution < 1.29 is 14.9 Å². The molecule has 1 unspecified atom stereocenters. The maximum atomic E-state index is 10.6. The van der Waals surface area contributed by atoms with Crippen molar-refractivity contribution in [3.05, 3.63) is 63.1 Å². The molecule has 2 aromatic rings. The molecule has 3 nitrogen and oxygen atoms in total. The van der Waals surface area contributed by atoms with Crippen molar-refractivity contribution in [2.24, 2.45) is 5.92 Å². The van der Waals surface area contributed by atoms with E-state index in [0.717, 1.165) is 16.5 Å². The minimum Gasteiger partial charge on any atom is -0.489 e. The van der Waals surface area contributed by atoms with E-state index >= 15 is 0 Å². The largest absolute Gasteiger partial charge is 0.489 e. The second kappa shape index (κ2) is 10.3. The highest BCUT2D eigenvalue weighted by Crippen LogP contribution is 2.32. The van der Waals surface area contributed by atoms with Crippen LogP contribution in [0.3, 0.4) is 0 Å². The molecule has 0 aliphatic rings. The average Bonchev–Trinajstić information content (AvgIpc) is 2.58. The quantitative estimate of drug-likeness (QED) is 0.536. The van der Waals surface area contributed by atoms with Gasteiger partial charge in [0, 0.05) is 11.1 Å². The number of aliphatic hydroxyl groups is 2. The molecule has 0 heterocycles. The molecule has 0 aliphatic carbocycles. The number of halogens is 2. The number of rotatable bonds is 9. The van der Waals surface area contributed by atoms with Crippen LogP contribution in [0.15, 0.2) is 46.9 Å². The molecule has 142 valence electrons. The van der Waals surface area contributed by atoms with Crippen molar-refractivity contribution >= 4 is 27.5 Å². The zero-order valence-corrected chi connectivity index (χ0v) is 17.5. The summed E-state index contributed by atoms with van der Waals surface area (Å²) in [6, 6.07) is 13.6. The third kappa shape index (κ3) is 6.58. The molecular formula is C21H26BrClO3. The zero-order chi connectivity index (χ0) is 19.1. The van der Waals surface area contributed by atoms with E-state index < -0.39 is 6.10 Å². The number of hydrogen-bond acceptors (Lipinski definition) is 3. The summed E-state index contributed by atoms with van der Waals surface area (Å²) in [7, 11) is 0. The SMILES string of the molecule is CC(C)Oc1ccc(C(O)C[C@H](CCO)Cc2ccc(Br)cc2)cc1Cl. The van der Waals surface area contributed by atoms with Crippen LogP contribution >= 0.6 is 27.5 Å². The fourth-order valence-electron chi connectivity index (χ4n) is 2.97. The smallest absolute Gasteiger partial charge is 0.138 e. The summed E-state index contributed by atoms with van der Waals surface area (Å²) in [5.74, 6) is 0.806. The molecule has 0 bridgehead atoms. The van der Waals surface area contributed by atoms with Crippen LogP contribution in [0.1, 0.15) is 43.9 Å². The first-order valence-corrected chi connectivity index (χ1v) is 10.1. The molecule has 0 fully saturated rings. The Labute approximate surface area is 169 Å². The molecule has 0 aliphatic heterocycles. The summed E-state index contributed by atoms with van der Waals surface area (Å²) in [4.78, 5) is 0. The van der Waals surface area contributed by atoms with Crippen LogP contribution in [0.25, 0.3) is 0 Å². The molecular weight excluding hydrogens is 416 g/mol. The third-order valence-electron chi connectivity index (χ3n) is 4.23. The van der Waals surface area contributed by atoms with Crippen molar-refractivity contribution in [1.82, 2.24) is 0 Å². The summed E-state index contributed by atoms with van der Waals surface area (Å²) in [6.45, 7) is 4.00. The number of aliphatic hydroxyl groups excluding tert-OH is 2. The van der Waals surface area contributed by atoms with E-state index in [0.29, 0.717) is 23.6 Å². The van der Waals surface area contributed by atoms with Crippen LogP contribution < -0.4 is 4.74 Å². The van der Waals surface area contributed by atoms with Gasteiger partial charge in [-0.2, -0.15) is 0 Å². The molecule has 5 heteroatoms. The molecule has 0 radical (unpaired) electrons. The van der Waals surface area contributed by atoms with Crippen LogP contribution in [-0.4, -0.2) is 22.9 Å². The fraction of sp³-hybridized carbons (Fsp3) is 0.429. The van der Waals surface area contributed by atoms with E-state index in [1.165, 1.54) is 5.56 Å². The highest BCUT2D eigenvalue weighted by atomic mass is 79.9. The van der Waals surface area contributed by atoms with E-state index in [2.05, 4.69) is 28.1 Å². The Morgan fingerprint density at radius 2 is 1.81 bits per heavy atom. The molecule has 0 saturated heterocycles. The van der Waals surface area contributed by atoms with Crippen LogP contribution in [0.5, 0.6) is 5.75 Å². The first-order valence-electron chi connectivity index (χ1n) is 8.88. The monoisotopic (exact) mass is 440 g/mol. The van der Waals surface area contributed by atoms with E-state index in [4.69, 9.17) is 16.3 Å². The van der Waals surface area contributed by atoms with Crippen LogP contribution in [0.4, 0.5) is 0 Å². The topological polar surface area (TPSA) is 49.7 Å². The number of benzene rings is 2. The lowest BCUT2D eigenvalue weighted by Crippen LogP contribution is -2.12. The molecule has 26 heavy (non-hydrogen) atoms. The van der Waals surface area contributed by atoms with E-state index in [9.17, 15) is 10.2 Å². The van der Waals surface area contributed by atoms with Crippen molar-refractivity contribution in [2.45, 2.75) is 45.3 Å². The summed E-state index contributed by atoms with van der Waals surface area (Å²) < 4.78 is 6.68. The van der Waals surface area contributed by atoms with Gasteiger partial charge in [-0.25, -0.2) is 0 Å². The third-order valence-corrected chi connectivity index (χ3v) is 5.06. The number of hydrogen-bond donors (Lipinski definition) is 2. The minimum atomic E-state index is -0.632. The van der Waals surface area contributed by atoms with E-state index in [-0.39, 0.29) is 18.6 Å². The van der Waals surface area contributed by atoms with Crippen LogP contribution in [-0.2, 0) is 6.42 Å². The Hall–Kier alpha value is -1.07. The van der Waals surface area contributed by atoms with Crippen LogP contribution in [0.2, 0.25) is 5.02 Å². The Morgan fingerprint density at radius 3 is 2.38 bits per heavy atom. The summed E-state index contributed by atoms with van der Waals surface area (Å²) in [5.41, 5.74) is 1.96. The zero-order valence-electron chi connectivity index (χ0n) is 15.2. The van der Waals surface area contributed by atoms with Crippen molar-refractivity contribution in [2.75, 3.05) is 6.61 Å². The summed E-state index contributed by atoms with van der Waals surface area (Å²) >= 11 is 9.72. The lowest BCUT2D eigenvalue weighted by atomic mass is 9.89. The van der Waals surface area contributed by atoms with Gasteiger partial charge in [0.15, 0.2) is 0 Å². The van der Waals surface area contributed by atoms with Gasteiger partial charge in [0.05, 0.1) is 17.2 Å². The van der Waals surface area contributed by atoms with E-state index in [1.54, 1.807) is 12.1 Å². The Balaban J connectivity index is 2.05. The molecule has 0 spiro atoms. The standard InChI is InChI=1S/C21H26BrClO3/c1-14(2)26-21-8-5-17(13-19(21)23)20(25)12-16(9-10-24)11-15-3-6-18(22)7-4-15/h3-8,13-14,16,20,24-25H,9-12H2,1-2H3/t16-,20?/m1/s1. The van der Waals surface area contributed by atoms with Gasteiger partial charge < -0.3 is 14.9 Å². The fourth-order valence-corrected chi connectivity index (χ4v) is 3.46. The maximum Gasteiger partial charge on any atom is 0.138 e. The minimum absolute atomic E-state index is 0.0446. The van der Waals surface area contributed by atoms with E-state index in [1.807, 2.05) is 32.0 Å². The second-order valence-electron chi connectivity index (χ2n) is 6.82. The first-order chi connectivity index (χ1) is 12.4. The van der Waals surface area contributed by atoms with Gasteiger partial charge in [-0.1, -0.05) is 45.7 Å². The van der Waals surface area contributed by atoms with Gasteiger partial charge in [-0.05, 0) is 74.4 Å². The molecule has 2 aromatic carbocycles. The molecule has 0 amide bonds. The van der Waals surface area contributed by atoms with Crippen molar-refractivity contribution in [3.63, 3.8) is 0 Å². The Morgan fingerprint density at radius 1 is 1.12 bits per heavy atom. The lowest BCUT2D eigenvalue weighted by Gasteiger charge is -2.21. The molecule has 0 aromatic heterocycles. The van der Waals surface area contributed by atoms with Gasteiger partial charge >= 0.3 is 0 Å². The van der Waals surface area contributed by atoms with Gasteiger partial charge in [-0.3, -0.25) is 0 Å². The highest BCUT2D eigenvalue weighted by Gasteiger charge is 2.18. The predicted octanol–water partition coefficient (Wildman–Crippen LogP) is 5.55. The van der Waals surface area contributed by atoms with Gasteiger partial charge in [0.25, 0.3) is 0 Å². The number of ether oxygens (including phenoxy) is 1. The van der Waals surface area contributed by atoms with Gasteiger partial charge in [0.1, 0.15) is 5.75 Å². The Bertz CT molecular complexity index is 688. The second-order valence-corrected chi connectivity index (χ2v) is 8.14. The molecule has 2 N–H and O–H groups in total. The molecule has 0 saturated carbocycles.